The zero-order valence-electron chi connectivity index (χ0n) is 16.1. The van der Waals surface area contributed by atoms with E-state index < -0.39 is 22.9 Å². The van der Waals surface area contributed by atoms with Crippen LogP contribution in [0.15, 0.2) is 94.0 Å². The van der Waals surface area contributed by atoms with Crippen molar-refractivity contribution in [3.05, 3.63) is 122 Å². The minimum Gasteiger partial charge on any atom is -0.289 e. The zero-order valence-corrected chi connectivity index (χ0v) is 16.1. The number of ketones is 2. The van der Waals surface area contributed by atoms with Crippen LogP contribution in [0.2, 0.25) is 0 Å². The standard InChI is InChI=1S/C25H14N2O4/c28-22-15-10-4-5-11-16(15)23(29)21-19(22)20(14-8-2-1-3-9-14)26-24(30)17-12-6-7-13-18(17)25(31)27(21)26/h1-13,20H. The van der Waals surface area contributed by atoms with Crippen LogP contribution < -0.4 is 11.1 Å². The molecule has 1 atom stereocenters. The molecule has 0 radical (unpaired) electrons. The lowest BCUT2D eigenvalue weighted by Gasteiger charge is -2.19. The van der Waals surface area contributed by atoms with Gasteiger partial charge in [-0.1, -0.05) is 66.7 Å². The molecule has 0 amide bonds. The van der Waals surface area contributed by atoms with Gasteiger partial charge in [0.2, 0.25) is 5.78 Å². The van der Waals surface area contributed by atoms with Gasteiger partial charge in [-0.3, -0.25) is 19.2 Å². The maximum absolute atomic E-state index is 13.6. The first-order chi connectivity index (χ1) is 15.1. The van der Waals surface area contributed by atoms with E-state index in [0.29, 0.717) is 5.56 Å². The molecule has 6 nitrogen and oxygen atoms in total. The van der Waals surface area contributed by atoms with Crippen LogP contribution in [0.1, 0.15) is 32.3 Å². The van der Waals surface area contributed by atoms with Crippen LogP contribution in [0.4, 0.5) is 0 Å². The molecule has 2 heterocycles. The lowest BCUT2D eigenvalue weighted by Crippen LogP contribution is -2.38. The van der Waals surface area contributed by atoms with E-state index in [9.17, 15) is 19.2 Å². The lowest BCUT2D eigenvalue weighted by atomic mass is 9.83. The van der Waals surface area contributed by atoms with E-state index in [4.69, 9.17) is 0 Å². The Labute approximate surface area is 175 Å². The van der Waals surface area contributed by atoms with Gasteiger partial charge >= 0.3 is 0 Å². The van der Waals surface area contributed by atoms with Gasteiger partial charge in [-0.2, -0.15) is 0 Å². The second-order valence-electron chi connectivity index (χ2n) is 7.59. The third-order valence-corrected chi connectivity index (χ3v) is 5.98. The Balaban J connectivity index is 1.80. The summed E-state index contributed by atoms with van der Waals surface area (Å²) in [7, 11) is 0. The fraction of sp³-hybridized carbons (Fsp3) is 0.0400. The quantitative estimate of drug-likeness (QED) is 0.487. The molecular weight excluding hydrogens is 392 g/mol. The molecule has 0 bridgehead atoms. The summed E-state index contributed by atoms with van der Waals surface area (Å²) < 4.78 is 2.36. The Morgan fingerprint density at radius 1 is 0.581 bits per heavy atom. The van der Waals surface area contributed by atoms with Gasteiger partial charge in [0.1, 0.15) is 11.7 Å². The molecule has 148 valence electrons. The Bertz CT molecular complexity index is 1610. The van der Waals surface area contributed by atoms with Crippen molar-refractivity contribution < 1.29 is 9.59 Å². The van der Waals surface area contributed by atoms with E-state index in [1.165, 1.54) is 4.68 Å². The van der Waals surface area contributed by atoms with E-state index >= 15 is 0 Å². The van der Waals surface area contributed by atoms with Gasteiger partial charge < -0.3 is 0 Å². The molecule has 1 unspecified atom stereocenters. The van der Waals surface area contributed by atoms with Crippen LogP contribution in [-0.2, 0) is 0 Å². The number of carbonyl (C=O) groups is 2. The number of hydrogen-bond donors (Lipinski definition) is 0. The van der Waals surface area contributed by atoms with Gasteiger partial charge in [0, 0.05) is 11.1 Å². The fourth-order valence-electron chi connectivity index (χ4n) is 4.64. The summed E-state index contributed by atoms with van der Waals surface area (Å²) in [5, 5.41) is 0.463. The molecule has 1 aliphatic carbocycles. The summed E-state index contributed by atoms with van der Waals surface area (Å²) in [5.74, 6) is -0.785. The van der Waals surface area contributed by atoms with E-state index in [2.05, 4.69) is 0 Å². The largest absolute Gasteiger partial charge is 0.289 e. The van der Waals surface area contributed by atoms with Crippen LogP contribution in [0, 0.1) is 0 Å². The van der Waals surface area contributed by atoms with Crippen LogP contribution in [0.3, 0.4) is 0 Å². The number of carbonyl (C=O) groups excluding carboxylic acids is 2. The van der Waals surface area contributed by atoms with Crippen molar-refractivity contribution in [3.8, 4) is 0 Å². The number of nitrogens with zero attached hydrogens (tertiary/aromatic N) is 2. The van der Waals surface area contributed by atoms with Gasteiger partial charge in [-0.15, -0.1) is 0 Å². The number of aromatic nitrogens is 2. The predicted octanol–water partition coefficient (Wildman–Crippen LogP) is 3.06. The maximum atomic E-state index is 13.6. The van der Waals surface area contributed by atoms with Crippen LogP contribution in [-0.4, -0.2) is 20.9 Å². The summed E-state index contributed by atoms with van der Waals surface area (Å²) in [6.07, 6.45) is 0. The zero-order chi connectivity index (χ0) is 21.3. The molecule has 1 aliphatic heterocycles. The van der Waals surface area contributed by atoms with Crippen LogP contribution in [0.5, 0.6) is 0 Å². The molecule has 6 rings (SSSR count). The Morgan fingerprint density at radius 3 is 1.81 bits per heavy atom. The number of rotatable bonds is 1. The van der Waals surface area contributed by atoms with Gasteiger partial charge in [0.25, 0.3) is 11.1 Å². The highest BCUT2D eigenvalue weighted by atomic mass is 16.2. The van der Waals surface area contributed by atoms with Crippen molar-refractivity contribution in [2.75, 3.05) is 0 Å². The number of allylic oxidation sites excluding steroid dienone is 2. The minimum atomic E-state index is -0.870. The number of benzene rings is 3. The van der Waals surface area contributed by atoms with E-state index in [0.717, 1.165) is 4.68 Å². The van der Waals surface area contributed by atoms with E-state index in [1.807, 2.05) is 6.07 Å². The summed E-state index contributed by atoms with van der Waals surface area (Å²) in [4.78, 5) is 54.1. The van der Waals surface area contributed by atoms with Crippen molar-refractivity contribution in [3.63, 3.8) is 0 Å². The Hall–Kier alpha value is -4.32. The second-order valence-corrected chi connectivity index (χ2v) is 7.59. The molecular formula is C25H14N2O4. The first-order valence-electron chi connectivity index (χ1n) is 9.84. The summed E-state index contributed by atoms with van der Waals surface area (Å²) >= 11 is 0. The van der Waals surface area contributed by atoms with Gasteiger partial charge in [0.15, 0.2) is 5.78 Å². The highest BCUT2D eigenvalue weighted by Crippen LogP contribution is 2.41. The monoisotopic (exact) mass is 406 g/mol. The lowest BCUT2D eigenvalue weighted by molar-refractivity contribution is 0.0987. The molecule has 2 aliphatic rings. The summed E-state index contributed by atoms with van der Waals surface area (Å²) in [6.45, 7) is 0. The van der Waals surface area contributed by atoms with Crippen molar-refractivity contribution in [2.45, 2.75) is 6.04 Å². The van der Waals surface area contributed by atoms with Gasteiger partial charge in [-0.25, -0.2) is 9.36 Å². The first-order valence-corrected chi connectivity index (χ1v) is 9.84. The molecule has 31 heavy (non-hydrogen) atoms. The maximum Gasteiger partial charge on any atom is 0.278 e. The Morgan fingerprint density at radius 2 is 1.13 bits per heavy atom. The highest BCUT2D eigenvalue weighted by molar-refractivity contribution is 6.38. The molecule has 1 aromatic heterocycles. The smallest absolute Gasteiger partial charge is 0.278 e. The summed E-state index contributed by atoms with van der Waals surface area (Å²) in [6, 6.07) is 21.2. The number of Topliss-reactive ketones (excluding diaryl/α,β-unsaturated/α-hetero) is 2. The minimum absolute atomic E-state index is 0.0367. The third kappa shape index (κ3) is 2.16. The molecule has 0 N–H and O–H groups in total. The normalized spacial score (nSPS) is 17.0. The highest BCUT2D eigenvalue weighted by Gasteiger charge is 2.45. The van der Waals surface area contributed by atoms with E-state index in [1.54, 1.807) is 72.8 Å². The molecule has 6 heteroatoms. The van der Waals surface area contributed by atoms with Crippen molar-refractivity contribution in [1.29, 1.82) is 0 Å². The predicted molar refractivity (Wildman–Crippen MR) is 115 cm³/mol. The SMILES string of the molecule is O=C1C2=C(C(=O)c3ccccc31)n1c(=O)c3ccccc3c(=O)n1C2c1ccccc1. The average Bonchev–Trinajstić information content (AvgIpc) is 3.19. The van der Waals surface area contributed by atoms with Crippen molar-refractivity contribution in [1.82, 2.24) is 9.36 Å². The average molecular weight is 406 g/mol. The third-order valence-electron chi connectivity index (χ3n) is 5.98. The molecule has 4 aromatic rings. The number of hydrogen-bond acceptors (Lipinski definition) is 4. The van der Waals surface area contributed by atoms with Crippen molar-refractivity contribution >= 4 is 28.0 Å². The molecule has 0 spiro atoms. The molecule has 3 aromatic carbocycles. The van der Waals surface area contributed by atoms with Crippen LogP contribution in [0.25, 0.3) is 16.5 Å². The van der Waals surface area contributed by atoms with Crippen LogP contribution >= 0.6 is 0 Å². The second kappa shape index (κ2) is 6.09. The van der Waals surface area contributed by atoms with Gasteiger partial charge in [-0.05, 0) is 17.7 Å². The topological polar surface area (TPSA) is 78.1 Å². The summed E-state index contributed by atoms with van der Waals surface area (Å²) in [5.41, 5.74) is 0.364. The molecule has 0 saturated carbocycles. The van der Waals surface area contributed by atoms with E-state index in [-0.39, 0.29) is 39.0 Å². The molecule has 0 fully saturated rings. The first kappa shape index (κ1) is 17.5. The molecule has 0 saturated heterocycles. The number of fused-ring (bicyclic) bond motifs is 4. The Kier molecular flexibility index (Phi) is 3.44. The van der Waals surface area contributed by atoms with Gasteiger partial charge in [0.05, 0.1) is 16.3 Å². The fourth-order valence-corrected chi connectivity index (χ4v) is 4.64. The van der Waals surface area contributed by atoms with Crippen molar-refractivity contribution in [2.24, 2.45) is 0 Å².